The standard InChI is InChI=1S/2C26H38O6/c2*1-17(27)7-10-21(13-19-8-11-23(29-3)25(15-19)31-5)22(18(2)28)14-20-9-12-24(30-4)26(16-20)32-6/h2*8-9,11-12,15-18,21-22,27-28H,7,10,13-14H2,1-6H3/t17-,18-,21+,22-;17-,18-,21-,22+/m00/s1. The van der Waals surface area contributed by atoms with Gasteiger partial charge in [-0.05, 0) is 174 Å². The number of rotatable bonds is 26. The monoisotopic (exact) mass is 893 g/mol. The maximum Gasteiger partial charge on any atom is 0.160 e. The first kappa shape index (κ1) is 53.5. The Morgan fingerprint density at radius 2 is 0.562 bits per heavy atom. The van der Waals surface area contributed by atoms with Gasteiger partial charge in [-0.2, -0.15) is 0 Å². The molecule has 0 heterocycles. The summed E-state index contributed by atoms with van der Waals surface area (Å²) in [5.74, 6) is 5.79. The van der Waals surface area contributed by atoms with Crippen molar-refractivity contribution in [2.75, 3.05) is 56.9 Å². The van der Waals surface area contributed by atoms with Gasteiger partial charge in [-0.3, -0.25) is 0 Å². The average Bonchev–Trinajstić information content (AvgIpc) is 3.29. The Kier molecular flexibility index (Phi) is 22.9. The lowest BCUT2D eigenvalue weighted by Gasteiger charge is -2.31. The van der Waals surface area contributed by atoms with Gasteiger partial charge in [-0.1, -0.05) is 24.3 Å². The van der Waals surface area contributed by atoms with Crippen molar-refractivity contribution < 1.29 is 58.3 Å². The van der Waals surface area contributed by atoms with E-state index in [1.54, 1.807) is 70.7 Å². The Morgan fingerprint density at radius 3 is 0.766 bits per heavy atom. The van der Waals surface area contributed by atoms with E-state index in [4.69, 9.17) is 37.9 Å². The molecule has 0 amide bonds. The van der Waals surface area contributed by atoms with Gasteiger partial charge in [0, 0.05) is 0 Å². The third kappa shape index (κ3) is 16.3. The Bertz CT molecular complexity index is 1810. The Balaban J connectivity index is 0.000000340. The molecular weight excluding hydrogens is 817 g/mol. The number of benzene rings is 4. The van der Waals surface area contributed by atoms with Crippen molar-refractivity contribution in [3.63, 3.8) is 0 Å². The first-order chi connectivity index (χ1) is 30.6. The second-order valence-electron chi connectivity index (χ2n) is 16.8. The van der Waals surface area contributed by atoms with Crippen LogP contribution in [0.4, 0.5) is 0 Å². The lowest BCUT2D eigenvalue weighted by atomic mass is 9.77. The Labute approximate surface area is 382 Å². The number of aliphatic hydroxyl groups is 4. The van der Waals surface area contributed by atoms with Gasteiger partial charge < -0.3 is 58.3 Å². The highest BCUT2D eigenvalue weighted by molar-refractivity contribution is 5.46. The molecule has 4 N–H and O–H groups in total. The van der Waals surface area contributed by atoms with Gasteiger partial charge in [0.2, 0.25) is 0 Å². The van der Waals surface area contributed by atoms with Gasteiger partial charge in [0.25, 0.3) is 0 Å². The molecule has 0 fully saturated rings. The van der Waals surface area contributed by atoms with Gasteiger partial charge in [-0.15, -0.1) is 0 Å². The summed E-state index contributed by atoms with van der Waals surface area (Å²) < 4.78 is 43.3. The molecule has 64 heavy (non-hydrogen) atoms. The first-order valence-corrected chi connectivity index (χ1v) is 22.2. The molecule has 8 atom stereocenters. The number of methoxy groups -OCH3 is 8. The number of hydrogen-bond acceptors (Lipinski definition) is 12. The molecule has 0 saturated heterocycles. The van der Waals surface area contributed by atoms with Crippen molar-refractivity contribution >= 4 is 0 Å². The molecule has 356 valence electrons. The summed E-state index contributed by atoms with van der Waals surface area (Å²) in [5, 5.41) is 41.3. The SMILES string of the molecule is COc1ccc(C[C@@H](CC[C@H](C)O)[C@@H](Cc2ccc(OC)c(OC)c2)[C@H](C)O)cc1OC.COc1ccc(C[C@H](CC[C@H](C)O)[C@H](Cc2ccc(OC)c(OC)c2)[C@H](C)O)cc1OC. The highest BCUT2D eigenvalue weighted by atomic mass is 16.5. The highest BCUT2D eigenvalue weighted by Crippen LogP contribution is 2.37. The number of aliphatic hydroxyl groups excluding tert-OH is 4. The van der Waals surface area contributed by atoms with Crippen LogP contribution in [-0.2, 0) is 25.7 Å². The van der Waals surface area contributed by atoms with Crippen LogP contribution in [-0.4, -0.2) is 102 Å². The summed E-state index contributed by atoms with van der Waals surface area (Å²) >= 11 is 0. The minimum Gasteiger partial charge on any atom is -0.493 e. The lowest BCUT2D eigenvalue weighted by molar-refractivity contribution is 0.0750. The molecule has 0 aliphatic carbocycles. The maximum absolute atomic E-state index is 10.7. The van der Waals surface area contributed by atoms with E-state index >= 15 is 0 Å². The minimum absolute atomic E-state index is 0.0000485. The van der Waals surface area contributed by atoms with E-state index in [1.807, 2.05) is 86.6 Å². The third-order valence-corrected chi connectivity index (χ3v) is 12.1. The van der Waals surface area contributed by atoms with E-state index in [9.17, 15) is 20.4 Å². The number of ether oxygens (including phenoxy) is 8. The van der Waals surface area contributed by atoms with Gasteiger partial charge in [0.15, 0.2) is 46.0 Å². The quantitative estimate of drug-likeness (QED) is 0.0478. The van der Waals surface area contributed by atoms with Crippen molar-refractivity contribution in [1.29, 1.82) is 0 Å². The summed E-state index contributed by atoms with van der Waals surface area (Å²) in [6.45, 7) is 7.29. The fourth-order valence-corrected chi connectivity index (χ4v) is 8.49. The number of hydrogen-bond donors (Lipinski definition) is 4. The van der Waals surface area contributed by atoms with Crippen molar-refractivity contribution in [2.24, 2.45) is 23.7 Å². The van der Waals surface area contributed by atoms with Crippen LogP contribution in [0, 0.1) is 23.7 Å². The molecule has 0 aromatic heterocycles. The van der Waals surface area contributed by atoms with Crippen LogP contribution in [0.5, 0.6) is 46.0 Å². The summed E-state index contributed by atoms with van der Waals surface area (Å²) in [6, 6.07) is 23.6. The van der Waals surface area contributed by atoms with Crippen molar-refractivity contribution in [2.45, 2.75) is 103 Å². The van der Waals surface area contributed by atoms with Crippen LogP contribution in [0.25, 0.3) is 0 Å². The van der Waals surface area contributed by atoms with Crippen molar-refractivity contribution in [3.05, 3.63) is 95.1 Å². The highest BCUT2D eigenvalue weighted by Gasteiger charge is 2.29. The van der Waals surface area contributed by atoms with Gasteiger partial charge in [0.05, 0.1) is 81.3 Å². The van der Waals surface area contributed by atoms with Crippen molar-refractivity contribution in [1.82, 2.24) is 0 Å². The molecule has 12 heteroatoms. The molecule has 4 aromatic rings. The molecule has 0 spiro atoms. The molecule has 0 aliphatic rings. The minimum atomic E-state index is -0.512. The zero-order chi connectivity index (χ0) is 47.3. The first-order valence-electron chi connectivity index (χ1n) is 22.2. The lowest BCUT2D eigenvalue weighted by Crippen LogP contribution is -2.30. The molecule has 12 nitrogen and oxygen atoms in total. The second kappa shape index (κ2) is 27.4. The smallest absolute Gasteiger partial charge is 0.160 e. The van der Waals surface area contributed by atoms with Crippen molar-refractivity contribution in [3.8, 4) is 46.0 Å². The predicted octanol–water partition coefficient (Wildman–Crippen LogP) is 8.56. The van der Waals surface area contributed by atoms with Crippen LogP contribution < -0.4 is 37.9 Å². The van der Waals surface area contributed by atoms with Gasteiger partial charge >= 0.3 is 0 Å². The van der Waals surface area contributed by atoms with Crippen LogP contribution in [0.2, 0.25) is 0 Å². The van der Waals surface area contributed by atoms with Gasteiger partial charge in [-0.25, -0.2) is 0 Å². The summed E-state index contributed by atoms with van der Waals surface area (Å²) in [6.07, 6.45) is 4.04. The largest absolute Gasteiger partial charge is 0.493 e. The normalized spacial score (nSPS) is 14.9. The zero-order valence-electron chi connectivity index (χ0n) is 40.3. The summed E-state index contributed by atoms with van der Waals surface area (Å²) in [4.78, 5) is 0. The van der Waals surface area contributed by atoms with Crippen LogP contribution in [0.3, 0.4) is 0 Å². The predicted molar refractivity (Wildman–Crippen MR) is 252 cm³/mol. The van der Waals surface area contributed by atoms with E-state index in [1.165, 1.54) is 0 Å². The maximum atomic E-state index is 10.7. The molecule has 0 aliphatic heterocycles. The fraction of sp³-hybridized carbons (Fsp3) is 0.538. The van der Waals surface area contributed by atoms with E-state index < -0.39 is 24.4 Å². The average molecular weight is 893 g/mol. The molecule has 0 saturated carbocycles. The van der Waals surface area contributed by atoms with E-state index in [0.29, 0.717) is 71.7 Å². The molecule has 0 bridgehead atoms. The molecule has 0 radical (unpaired) electrons. The van der Waals surface area contributed by atoms with Crippen LogP contribution in [0.1, 0.15) is 75.6 Å². The zero-order valence-corrected chi connectivity index (χ0v) is 40.3. The molecule has 4 aromatic carbocycles. The van der Waals surface area contributed by atoms with E-state index in [-0.39, 0.29) is 23.7 Å². The van der Waals surface area contributed by atoms with Crippen LogP contribution >= 0.6 is 0 Å². The Morgan fingerprint density at radius 1 is 0.328 bits per heavy atom. The molecule has 0 unspecified atom stereocenters. The fourth-order valence-electron chi connectivity index (χ4n) is 8.49. The topological polar surface area (TPSA) is 155 Å². The molecular formula is C52H76O12. The molecule has 4 rings (SSSR count). The van der Waals surface area contributed by atoms with E-state index in [0.717, 1.165) is 47.9 Å². The summed E-state index contributed by atoms with van der Waals surface area (Å²) in [7, 11) is 13.0. The van der Waals surface area contributed by atoms with Crippen LogP contribution in [0.15, 0.2) is 72.8 Å². The second-order valence-corrected chi connectivity index (χ2v) is 16.8. The summed E-state index contributed by atoms with van der Waals surface area (Å²) in [5.41, 5.74) is 4.36. The van der Waals surface area contributed by atoms with Gasteiger partial charge in [0.1, 0.15) is 0 Å². The third-order valence-electron chi connectivity index (χ3n) is 12.1. The Hall–Kier alpha value is -4.88. The van der Waals surface area contributed by atoms with E-state index in [2.05, 4.69) is 0 Å².